The third-order valence-corrected chi connectivity index (χ3v) is 28.3. The van der Waals surface area contributed by atoms with Gasteiger partial charge in [0.15, 0.2) is 8.32 Å². The van der Waals surface area contributed by atoms with Crippen molar-refractivity contribution >= 4 is 63.1 Å². The van der Waals surface area contributed by atoms with Crippen LogP contribution in [0.15, 0.2) is 121 Å². The molecule has 4 unspecified atom stereocenters. The van der Waals surface area contributed by atoms with Gasteiger partial charge >= 0.3 is 25.7 Å². The van der Waals surface area contributed by atoms with Crippen molar-refractivity contribution in [2.75, 3.05) is 0 Å². The molecule has 0 aliphatic heterocycles. The van der Waals surface area contributed by atoms with E-state index in [4.69, 9.17) is 16.5 Å². The molecule has 0 heterocycles. The van der Waals surface area contributed by atoms with Crippen molar-refractivity contribution < 1.29 is 16.5 Å². The smallest absolute Gasteiger partial charge is 0.352 e. The van der Waals surface area contributed by atoms with Gasteiger partial charge in [-0.15, -0.1) is 0 Å². The highest BCUT2D eigenvalue weighted by Crippen LogP contribution is 2.28. The van der Waals surface area contributed by atoms with Crippen LogP contribution in [0.2, 0.25) is 51.9 Å². The lowest BCUT2D eigenvalue weighted by Crippen LogP contribution is -2.72. The van der Waals surface area contributed by atoms with E-state index in [9.17, 15) is 0 Å². The van der Waals surface area contributed by atoms with E-state index in [1.165, 1.54) is 5.19 Å². The first-order valence-electron chi connectivity index (χ1n) is 14.8. The molecule has 0 radical (unpaired) electrons. The number of hydrogen-bond acceptors (Lipinski definition) is 4. The Bertz CT molecular complexity index is 1410. The normalized spacial score (nSPS) is 17.8. The molecule has 0 spiro atoms. The van der Waals surface area contributed by atoms with Gasteiger partial charge in [0, 0.05) is 0 Å². The van der Waals surface area contributed by atoms with Crippen molar-refractivity contribution in [2.45, 2.75) is 58.8 Å². The van der Waals surface area contributed by atoms with Gasteiger partial charge in [-0.05, 0) is 72.6 Å². The molecule has 4 rings (SSSR count). The Morgan fingerprint density at radius 1 is 0.381 bits per heavy atom. The summed E-state index contributed by atoms with van der Waals surface area (Å²) in [6.45, 7) is 17.9. The van der Waals surface area contributed by atoms with E-state index in [-0.39, 0.29) is 0 Å². The minimum Gasteiger partial charge on any atom is -0.433 e. The van der Waals surface area contributed by atoms with E-state index in [1.54, 1.807) is 0 Å². The molecule has 0 aromatic heterocycles. The Morgan fingerprint density at radius 3 is 0.976 bits per heavy atom. The molecule has 0 fully saturated rings. The van der Waals surface area contributed by atoms with Gasteiger partial charge in [0.2, 0.25) is 8.32 Å². The summed E-state index contributed by atoms with van der Waals surface area (Å²) in [7, 11) is -13.5. The summed E-state index contributed by atoms with van der Waals surface area (Å²) in [5.74, 6) is 0. The molecule has 0 amide bonds. The van der Waals surface area contributed by atoms with E-state index in [0.29, 0.717) is 0 Å². The molecular weight excluding hydrogens is 601 g/mol. The van der Waals surface area contributed by atoms with Crippen LogP contribution < -0.4 is 20.7 Å². The predicted molar refractivity (Wildman–Crippen MR) is 189 cm³/mol. The van der Waals surface area contributed by atoms with Gasteiger partial charge in [0.05, 0.1) is 0 Å². The zero-order chi connectivity index (χ0) is 30.5. The summed E-state index contributed by atoms with van der Waals surface area (Å²) >= 11 is 0. The second-order valence-electron chi connectivity index (χ2n) is 12.4. The second-order valence-corrected chi connectivity index (χ2v) is 31.0. The predicted octanol–water partition coefficient (Wildman–Crippen LogP) is 6.33. The maximum absolute atomic E-state index is 7.59. The van der Waals surface area contributed by atoms with Crippen molar-refractivity contribution in [1.82, 2.24) is 0 Å². The fraction of sp³-hybridized carbons (Fsp3) is 0.273. The number of hydrogen-bond donors (Lipinski definition) is 0. The van der Waals surface area contributed by atoms with Crippen molar-refractivity contribution in [2.24, 2.45) is 0 Å². The van der Waals surface area contributed by atoms with E-state index >= 15 is 0 Å². The minimum atomic E-state index is -3.16. The van der Waals surface area contributed by atoms with Crippen LogP contribution in [-0.2, 0) is 16.5 Å². The number of benzene rings is 4. The maximum atomic E-state index is 7.59. The Hall–Kier alpha value is -2.20. The largest absolute Gasteiger partial charge is 0.433 e. The molecule has 222 valence electrons. The molecule has 0 bridgehead atoms. The van der Waals surface area contributed by atoms with Gasteiger partial charge in [-0.2, -0.15) is 0 Å². The van der Waals surface area contributed by atoms with Gasteiger partial charge in [0.25, 0.3) is 0 Å². The Labute approximate surface area is 258 Å². The van der Waals surface area contributed by atoms with Crippen LogP contribution in [0.3, 0.4) is 0 Å². The minimum absolute atomic E-state index is 0.940. The third kappa shape index (κ3) is 7.84. The molecule has 0 saturated carbocycles. The van der Waals surface area contributed by atoms with Crippen LogP contribution in [0, 0.1) is 0 Å². The number of rotatable bonds is 13. The summed E-state index contributed by atoms with van der Waals surface area (Å²) in [6.07, 6.45) is 0. The molecule has 42 heavy (non-hydrogen) atoms. The fourth-order valence-corrected chi connectivity index (χ4v) is 28.8. The lowest BCUT2D eigenvalue weighted by atomic mass is 10.4. The summed E-state index contributed by atoms with van der Waals surface area (Å²) in [5.41, 5.74) is 0. The molecule has 4 aromatic carbocycles. The Balaban J connectivity index is 1.87. The second kappa shape index (κ2) is 13.2. The highest BCUT2D eigenvalue weighted by Gasteiger charge is 2.54. The van der Waals surface area contributed by atoms with Crippen molar-refractivity contribution in [3.05, 3.63) is 121 Å². The molecule has 4 nitrogen and oxygen atoms in total. The quantitative estimate of drug-likeness (QED) is 0.159. The van der Waals surface area contributed by atoms with Crippen molar-refractivity contribution in [3.63, 3.8) is 0 Å². The van der Waals surface area contributed by atoms with E-state index in [1.807, 2.05) is 12.1 Å². The first kappa shape index (κ1) is 32.7. The SMILES string of the molecule is CC[Si](C)(O[Si](C)(O[Si](C)(O[Si](C)(O[Si](C)(C)C)c1ccccc1)c1ccccc1)c1ccccc1)c1ccccc1. The summed E-state index contributed by atoms with van der Waals surface area (Å²) in [6, 6.07) is 43.2. The highest BCUT2D eigenvalue weighted by molar-refractivity contribution is 7.02. The first-order valence-corrected chi connectivity index (χ1v) is 27.8. The van der Waals surface area contributed by atoms with Gasteiger partial charge in [-0.25, -0.2) is 0 Å². The van der Waals surface area contributed by atoms with Gasteiger partial charge in [-0.1, -0.05) is 128 Å². The molecule has 4 aromatic rings. The molecular formula is C33H46O4Si5. The van der Waals surface area contributed by atoms with Gasteiger partial charge in [0.1, 0.15) is 0 Å². The average molecular weight is 647 g/mol. The van der Waals surface area contributed by atoms with Gasteiger partial charge < -0.3 is 16.5 Å². The van der Waals surface area contributed by atoms with Crippen LogP contribution in [-0.4, -0.2) is 42.3 Å². The average Bonchev–Trinajstić information content (AvgIpc) is 2.98. The molecule has 0 N–H and O–H groups in total. The molecule has 9 heteroatoms. The monoisotopic (exact) mass is 646 g/mol. The fourth-order valence-electron chi connectivity index (χ4n) is 5.52. The molecule has 0 aliphatic carbocycles. The third-order valence-electron chi connectivity index (χ3n) is 7.65. The van der Waals surface area contributed by atoms with E-state index < -0.39 is 42.3 Å². The van der Waals surface area contributed by atoms with Crippen LogP contribution >= 0.6 is 0 Å². The van der Waals surface area contributed by atoms with E-state index in [0.717, 1.165) is 21.6 Å². The topological polar surface area (TPSA) is 36.9 Å². The molecule has 0 saturated heterocycles. The zero-order valence-corrected chi connectivity index (χ0v) is 31.4. The Kier molecular flexibility index (Phi) is 10.3. The van der Waals surface area contributed by atoms with Crippen molar-refractivity contribution in [1.29, 1.82) is 0 Å². The molecule has 0 aliphatic rings. The summed E-state index contributed by atoms with van der Waals surface area (Å²) in [5, 5.41) is 4.59. The van der Waals surface area contributed by atoms with E-state index in [2.05, 4.69) is 162 Å². The Morgan fingerprint density at radius 2 is 0.667 bits per heavy atom. The summed E-state index contributed by atoms with van der Waals surface area (Å²) < 4.78 is 29.6. The molecule has 4 atom stereocenters. The lowest BCUT2D eigenvalue weighted by Gasteiger charge is -2.46. The van der Waals surface area contributed by atoms with Gasteiger partial charge in [-0.3, -0.25) is 0 Å². The van der Waals surface area contributed by atoms with Crippen LogP contribution in [0.25, 0.3) is 0 Å². The summed E-state index contributed by atoms with van der Waals surface area (Å²) in [4.78, 5) is 0. The van der Waals surface area contributed by atoms with Crippen LogP contribution in [0.1, 0.15) is 6.92 Å². The van der Waals surface area contributed by atoms with Crippen LogP contribution in [0.4, 0.5) is 0 Å². The zero-order valence-electron chi connectivity index (χ0n) is 26.4. The first-order chi connectivity index (χ1) is 19.8. The maximum Gasteiger partial charge on any atom is 0.352 e. The van der Waals surface area contributed by atoms with Crippen LogP contribution in [0.5, 0.6) is 0 Å². The standard InChI is InChI=1S/C33H46O4Si5/c1-9-39(5,30-22-14-10-15-23-30)35-41(7,32-26-18-12-19-27-32)37-42(8,33-28-20-13-21-29-33)36-40(6,34-38(2,3)4)31-24-16-11-17-25-31/h10-29H,9H2,1-8H3. The highest BCUT2D eigenvalue weighted by atomic mass is 28.5. The van der Waals surface area contributed by atoms with Crippen molar-refractivity contribution in [3.8, 4) is 0 Å². The lowest BCUT2D eigenvalue weighted by molar-refractivity contribution is 0.313.